The number of carbonyl (C=O) groups excluding carboxylic acids is 3. The van der Waals surface area contributed by atoms with E-state index in [1.807, 2.05) is 42.7 Å². The van der Waals surface area contributed by atoms with Crippen LogP contribution in [0.4, 0.5) is 14.9 Å². The molecule has 3 heterocycles. The molecule has 1 aromatic carbocycles. The highest BCUT2D eigenvalue weighted by atomic mass is 19.1. The van der Waals surface area contributed by atoms with Gasteiger partial charge < -0.3 is 25.4 Å². The molecule has 250 valence electrons. The Morgan fingerprint density at radius 3 is 2.39 bits per heavy atom. The summed E-state index contributed by atoms with van der Waals surface area (Å²) >= 11 is 0. The molecule has 0 unspecified atom stereocenters. The van der Waals surface area contributed by atoms with E-state index < -0.39 is 30.6 Å². The van der Waals surface area contributed by atoms with Gasteiger partial charge in [0, 0.05) is 36.4 Å². The van der Waals surface area contributed by atoms with Gasteiger partial charge in [0.05, 0.1) is 11.6 Å². The van der Waals surface area contributed by atoms with Gasteiger partial charge in [-0.15, -0.1) is 0 Å². The molecule has 2 aromatic rings. The third-order valence-corrected chi connectivity index (χ3v) is 11.5. The number of halogens is 1. The number of nitrogens with one attached hydrogen (secondary N) is 2. The lowest BCUT2D eigenvalue weighted by atomic mass is 9.76. The summed E-state index contributed by atoms with van der Waals surface area (Å²) in [5.74, 6) is -0.474. The Balaban J connectivity index is 1.21. The van der Waals surface area contributed by atoms with Crippen LogP contribution in [0.3, 0.4) is 0 Å². The van der Waals surface area contributed by atoms with Gasteiger partial charge in [-0.2, -0.15) is 0 Å². The van der Waals surface area contributed by atoms with Crippen molar-refractivity contribution >= 4 is 40.5 Å². The number of hydrogen-bond donors (Lipinski definition) is 3. The quantitative estimate of drug-likeness (QED) is 0.272. The number of rotatable bonds is 9. The van der Waals surface area contributed by atoms with Crippen LogP contribution in [0.15, 0.2) is 24.3 Å². The van der Waals surface area contributed by atoms with Crippen molar-refractivity contribution in [1.82, 2.24) is 14.8 Å². The monoisotopic (exact) mass is 638 g/mol. The van der Waals surface area contributed by atoms with E-state index in [0.29, 0.717) is 62.4 Å². The van der Waals surface area contributed by atoms with Crippen LogP contribution in [0.1, 0.15) is 101 Å². The van der Waals surface area contributed by atoms with E-state index in [-0.39, 0.29) is 35.5 Å². The number of cyclic esters (lactones) is 1. The van der Waals surface area contributed by atoms with E-state index in [9.17, 15) is 23.6 Å². The summed E-state index contributed by atoms with van der Waals surface area (Å²) in [5, 5.41) is 15.4. The van der Waals surface area contributed by atoms with Crippen LogP contribution in [0, 0.1) is 23.7 Å². The molecule has 1 saturated heterocycles. The number of carbonyl (C=O) groups is 4. The molecule has 3 atom stereocenters. The second-order valence-corrected chi connectivity index (χ2v) is 13.8. The van der Waals surface area contributed by atoms with Crippen LogP contribution >= 0.6 is 0 Å². The molecule has 6 rings (SSSR count). The van der Waals surface area contributed by atoms with Gasteiger partial charge in [-0.1, -0.05) is 46.0 Å². The highest BCUT2D eigenvalue weighted by molar-refractivity contribution is 6.02. The molecule has 3 fully saturated rings. The van der Waals surface area contributed by atoms with Crippen molar-refractivity contribution in [2.45, 2.75) is 109 Å². The summed E-state index contributed by atoms with van der Waals surface area (Å²) in [6.07, 6.45) is 8.70. The number of ether oxygens (including phenoxy) is 1. The maximum absolute atomic E-state index is 14.2. The van der Waals surface area contributed by atoms with Crippen molar-refractivity contribution in [3.63, 3.8) is 0 Å². The van der Waals surface area contributed by atoms with E-state index in [2.05, 4.69) is 10.6 Å². The van der Waals surface area contributed by atoms with Gasteiger partial charge in [0.1, 0.15) is 18.4 Å². The molecule has 0 bridgehead atoms. The van der Waals surface area contributed by atoms with E-state index in [1.165, 1.54) is 6.42 Å². The molecule has 0 radical (unpaired) electrons. The highest BCUT2D eigenvalue weighted by Crippen LogP contribution is 2.43. The van der Waals surface area contributed by atoms with Crippen LogP contribution in [-0.2, 0) is 20.1 Å². The number of hydrogen-bond acceptors (Lipinski definition) is 5. The number of amides is 3. The van der Waals surface area contributed by atoms with Crippen molar-refractivity contribution in [2.24, 2.45) is 23.7 Å². The number of carboxylic acid groups (broad SMARTS) is 1. The van der Waals surface area contributed by atoms with Crippen LogP contribution in [0.2, 0.25) is 0 Å². The highest BCUT2D eigenvalue weighted by Gasteiger charge is 2.47. The Kier molecular flexibility index (Phi) is 9.30. The molecule has 4 aliphatic rings. The fourth-order valence-corrected chi connectivity index (χ4v) is 8.98. The van der Waals surface area contributed by atoms with E-state index in [0.717, 1.165) is 43.0 Å². The normalized spacial score (nSPS) is 26.8. The molecule has 1 aromatic heterocycles. The zero-order valence-electron chi connectivity index (χ0n) is 26.9. The maximum atomic E-state index is 14.2. The topological polar surface area (TPSA) is 130 Å². The van der Waals surface area contributed by atoms with Gasteiger partial charge >= 0.3 is 12.1 Å². The molecule has 2 aliphatic heterocycles. The number of aromatic nitrogens is 1. The summed E-state index contributed by atoms with van der Waals surface area (Å²) in [6, 6.07) is 6.17. The van der Waals surface area contributed by atoms with Gasteiger partial charge in [-0.3, -0.25) is 14.2 Å². The molecule has 10 nitrogen and oxygen atoms in total. The smallest absolute Gasteiger partial charge is 0.404 e. The fourth-order valence-electron chi connectivity index (χ4n) is 8.98. The Bertz CT molecular complexity index is 1470. The molecule has 3 amide bonds. The van der Waals surface area contributed by atoms with Gasteiger partial charge in [0.25, 0.3) is 0 Å². The average Bonchev–Trinajstić information content (AvgIpc) is 3.76. The average molecular weight is 639 g/mol. The zero-order valence-corrected chi connectivity index (χ0v) is 26.9. The largest absolute Gasteiger partial charge is 0.465 e. The first-order chi connectivity index (χ1) is 22.2. The first-order valence-electron chi connectivity index (χ1n) is 17.3. The molecule has 11 heteroatoms. The second-order valence-electron chi connectivity index (χ2n) is 13.8. The van der Waals surface area contributed by atoms with Gasteiger partial charge in [-0.25, -0.2) is 14.0 Å². The second kappa shape index (κ2) is 13.2. The minimum Gasteiger partial charge on any atom is -0.465 e. The lowest BCUT2D eigenvalue weighted by molar-refractivity contribution is -0.142. The molecule has 2 aliphatic carbocycles. The summed E-state index contributed by atoms with van der Waals surface area (Å²) in [5.41, 5.74) is 1.30. The number of benzene rings is 1. The van der Waals surface area contributed by atoms with E-state index in [4.69, 9.17) is 9.84 Å². The molecular weight excluding hydrogens is 591 g/mol. The SMILES string of the molecule is CCC1(CC)OC(=O)c2cc3cc(NC(=O)[C@@H]4[C@H](C5CCCCC5)CCN4C(=O)C4CCC([C@@H](CF)NC(=O)O)CC4)ccc3n21. The number of anilines is 1. The standard InChI is InChI=1S/C35H47FN4O6/c1-3-35(4-2)40-28-15-14-25(18-24(28)19-29(40)33(43)46-35)37-31(41)30-26(21-8-6-5-7-9-21)16-17-39(30)32(42)23-12-10-22(11-13-23)27(20-36)38-34(44)45/h14-15,18-19,21-23,26-27,30,38H,3-13,16-17,20H2,1-2H3,(H,37,41)(H,44,45)/t22?,23?,26-,27+,30-/m0/s1. The van der Waals surface area contributed by atoms with E-state index >= 15 is 0 Å². The Morgan fingerprint density at radius 1 is 1.02 bits per heavy atom. The van der Waals surface area contributed by atoms with Crippen LogP contribution in [0.5, 0.6) is 0 Å². The third-order valence-electron chi connectivity index (χ3n) is 11.5. The number of fused-ring (bicyclic) bond motifs is 3. The van der Waals surface area contributed by atoms with Gasteiger partial charge in [0.2, 0.25) is 11.8 Å². The van der Waals surface area contributed by atoms with Crippen molar-refractivity contribution < 1.29 is 33.4 Å². The van der Waals surface area contributed by atoms with Crippen molar-refractivity contribution in [2.75, 3.05) is 18.5 Å². The predicted octanol–water partition coefficient (Wildman–Crippen LogP) is 6.43. The minimum atomic E-state index is -1.24. The Morgan fingerprint density at radius 2 is 1.74 bits per heavy atom. The molecule has 3 N–H and O–H groups in total. The number of alkyl halides is 1. The predicted molar refractivity (Wildman–Crippen MR) is 171 cm³/mol. The Labute approximate surface area is 269 Å². The summed E-state index contributed by atoms with van der Waals surface area (Å²) in [7, 11) is 0. The number of likely N-dealkylation sites (tertiary alicyclic amines) is 1. The molecule has 2 saturated carbocycles. The summed E-state index contributed by atoms with van der Waals surface area (Å²) < 4.78 is 21.4. The van der Waals surface area contributed by atoms with Gasteiger partial charge in [-0.05, 0) is 74.1 Å². The molecule has 46 heavy (non-hydrogen) atoms. The number of esters is 1. The number of nitrogens with zero attached hydrogens (tertiary/aromatic N) is 2. The fraction of sp³-hybridized carbons (Fsp3) is 0.657. The van der Waals surface area contributed by atoms with Crippen LogP contribution < -0.4 is 10.6 Å². The van der Waals surface area contributed by atoms with Gasteiger partial charge in [0.15, 0.2) is 5.72 Å². The van der Waals surface area contributed by atoms with Crippen molar-refractivity contribution in [1.29, 1.82) is 0 Å². The third kappa shape index (κ3) is 5.86. The van der Waals surface area contributed by atoms with E-state index in [1.54, 1.807) is 4.90 Å². The molecule has 0 spiro atoms. The summed E-state index contributed by atoms with van der Waals surface area (Å²) in [6.45, 7) is 3.78. The first kappa shape index (κ1) is 32.3. The maximum Gasteiger partial charge on any atom is 0.404 e. The summed E-state index contributed by atoms with van der Waals surface area (Å²) in [4.78, 5) is 53.9. The lowest BCUT2D eigenvalue weighted by Crippen LogP contribution is -2.50. The minimum absolute atomic E-state index is 0.0202. The lowest BCUT2D eigenvalue weighted by Gasteiger charge is -2.37. The Hall–Kier alpha value is -3.63. The van der Waals surface area contributed by atoms with Crippen molar-refractivity contribution in [3.05, 3.63) is 30.0 Å². The first-order valence-corrected chi connectivity index (χ1v) is 17.3. The zero-order chi connectivity index (χ0) is 32.6. The van der Waals surface area contributed by atoms with Crippen LogP contribution in [-0.4, -0.2) is 63.8 Å². The van der Waals surface area contributed by atoms with Crippen LogP contribution in [0.25, 0.3) is 10.9 Å². The molecular formula is C35H47FN4O6. The van der Waals surface area contributed by atoms with Crippen molar-refractivity contribution in [3.8, 4) is 0 Å².